The molecule has 0 bridgehead atoms. The molecule has 0 aliphatic rings. The van der Waals surface area contributed by atoms with Crippen molar-refractivity contribution in [3.05, 3.63) is 48.2 Å². The van der Waals surface area contributed by atoms with Crippen LogP contribution in [0.2, 0.25) is 0 Å². The summed E-state index contributed by atoms with van der Waals surface area (Å²) in [6.45, 7) is 5.19. The second-order valence-corrected chi connectivity index (χ2v) is 6.53. The molecule has 0 aliphatic carbocycles. The Morgan fingerprint density at radius 1 is 1.29 bits per heavy atom. The second-order valence-electron chi connectivity index (χ2n) is 6.53. The van der Waals surface area contributed by atoms with Crippen molar-refractivity contribution in [1.29, 1.82) is 0 Å². The van der Waals surface area contributed by atoms with Gasteiger partial charge in [-0.3, -0.25) is 9.59 Å². The maximum Gasteiger partial charge on any atom is 0.229 e. The number of nitrogens with one attached hydrogen (secondary N) is 3. The number of hydrogen-bond acceptors (Lipinski definition) is 2. The molecule has 0 fully saturated rings. The van der Waals surface area contributed by atoms with Crippen LogP contribution in [0.3, 0.4) is 0 Å². The molecule has 3 N–H and O–H groups in total. The Morgan fingerprint density at radius 3 is 2.67 bits per heavy atom. The number of hydrogen-bond donors (Lipinski definition) is 3. The topological polar surface area (TPSA) is 74.0 Å². The normalized spacial score (nSPS) is 13.2. The van der Waals surface area contributed by atoms with Crippen molar-refractivity contribution in [2.75, 3.05) is 7.05 Å². The molecule has 2 amide bonds. The van der Waals surface area contributed by atoms with E-state index in [2.05, 4.69) is 21.7 Å². The maximum atomic E-state index is 11.9. The minimum atomic E-state index is -0.633. The van der Waals surface area contributed by atoms with Crippen LogP contribution in [0.1, 0.15) is 26.3 Å². The molecular weight excluding hydrogens is 302 g/mol. The van der Waals surface area contributed by atoms with E-state index in [4.69, 9.17) is 0 Å². The van der Waals surface area contributed by atoms with Crippen LogP contribution in [0.4, 0.5) is 0 Å². The standard InChI is InChI=1S/C19H25N3O2/c1-13(23)22-15(9-10-19(2,3)18(24)20-4)11-14-12-21-17-8-6-5-7-16(14)17/h5-10,12,15,21H,11H2,1-4H3,(H,20,24)(H,22,23)/b10-9+/t15-/m0/s1. The van der Waals surface area contributed by atoms with Gasteiger partial charge in [0, 0.05) is 31.1 Å². The zero-order valence-corrected chi connectivity index (χ0v) is 14.6. The molecule has 2 rings (SSSR count). The lowest BCUT2D eigenvalue weighted by molar-refractivity contribution is -0.126. The first-order chi connectivity index (χ1) is 11.3. The number of para-hydroxylation sites is 1. The Hall–Kier alpha value is -2.56. The van der Waals surface area contributed by atoms with Crippen molar-refractivity contribution >= 4 is 22.7 Å². The highest BCUT2D eigenvalue weighted by Crippen LogP contribution is 2.21. The fourth-order valence-electron chi connectivity index (χ4n) is 2.72. The summed E-state index contributed by atoms with van der Waals surface area (Å²) in [5, 5.41) is 6.74. The summed E-state index contributed by atoms with van der Waals surface area (Å²) < 4.78 is 0. The van der Waals surface area contributed by atoms with Gasteiger partial charge >= 0.3 is 0 Å². The highest BCUT2D eigenvalue weighted by Gasteiger charge is 2.23. The Labute approximate surface area is 142 Å². The first kappa shape index (κ1) is 17.8. The van der Waals surface area contributed by atoms with Crippen LogP contribution in [0, 0.1) is 5.41 Å². The monoisotopic (exact) mass is 327 g/mol. The van der Waals surface area contributed by atoms with Gasteiger partial charge < -0.3 is 15.6 Å². The number of carbonyl (C=O) groups is 2. The van der Waals surface area contributed by atoms with E-state index in [0.29, 0.717) is 6.42 Å². The van der Waals surface area contributed by atoms with Crippen molar-refractivity contribution in [1.82, 2.24) is 15.6 Å². The van der Waals surface area contributed by atoms with Crippen molar-refractivity contribution < 1.29 is 9.59 Å². The Morgan fingerprint density at radius 2 is 2.00 bits per heavy atom. The Kier molecular flexibility index (Phi) is 5.44. The van der Waals surface area contributed by atoms with Gasteiger partial charge in [-0.15, -0.1) is 0 Å². The third-order valence-electron chi connectivity index (χ3n) is 4.06. The number of rotatable bonds is 6. The summed E-state index contributed by atoms with van der Waals surface area (Å²) in [6, 6.07) is 7.89. The number of benzene rings is 1. The van der Waals surface area contributed by atoms with Gasteiger partial charge in [0.25, 0.3) is 0 Å². The van der Waals surface area contributed by atoms with Crippen LogP contribution in [-0.2, 0) is 16.0 Å². The first-order valence-electron chi connectivity index (χ1n) is 8.07. The number of H-pyrrole nitrogens is 1. The zero-order chi connectivity index (χ0) is 17.7. The highest BCUT2D eigenvalue weighted by molar-refractivity contribution is 5.84. The second kappa shape index (κ2) is 7.34. The number of aromatic nitrogens is 1. The molecule has 0 saturated heterocycles. The van der Waals surface area contributed by atoms with E-state index in [1.165, 1.54) is 6.92 Å². The van der Waals surface area contributed by atoms with E-state index in [9.17, 15) is 9.59 Å². The number of amides is 2. The molecule has 24 heavy (non-hydrogen) atoms. The van der Waals surface area contributed by atoms with Crippen LogP contribution in [0.25, 0.3) is 10.9 Å². The van der Waals surface area contributed by atoms with Gasteiger partial charge in [0.2, 0.25) is 11.8 Å². The van der Waals surface area contributed by atoms with E-state index in [1.807, 2.05) is 50.4 Å². The summed E-state index contributed by atoms with van der Waals surface area (Å²) >= 11 is 0. The van der Waals surface area contributed by atoms with Gasteiger partial charge in [-0.25, -0.2) is 0 Å². The van der Waals surface area contributed by atoms with Crippen LogP contribution in [0.5, 0.6) is 0 Å². The quantitative estimate of drug-likeness (QED) is 0.713. The maximum absolute atomic E-state index is 11.9. The molecule has 1 aromatic carbocycles. The molecule has 0 saturated carbocycles. The first-order valence-corrected chi connectivity index (χ1v) is 8.07. The molecule has 1 aromatic heterocycles. The van der Waals surface area contributed by atoms with E-state index in [-0.39, 0.29) is 17.9 Å². The molecule has 0 unspecified atom stereocenters. The third-order valence-corrected chi connectivity index (χ3v) is 4.06. The van der Waals surface area contributed by atoms with Gasteiger partial charge in [-0.05, 0) is 31.9 Å². The van der Waals surface area contributed by atoms with Crippen molar-refractivity contribution in [3.63, 3.8) is 0 Å². The largest absolute Gasteiger partial charge is 0.361 e. The molecule has 2 aromatic rings. The highest BCUT2D eigenvalue weighted by atomic mass is 16.2. The van der Waals surface area contributed by atoms with Gasteiger partial charge in [0.15, 0.2) is 0 Å². The van der Waals surface area contributed by atoms with E-state index in [0.717, 1.165) is 16.5 Å². The molecule has 0 aliphatic heterocycles. The third kappa shape index (κ3) is 4.25. The molecular formula is C19H25N3O2. The summed E-state index contributed by atoms with van der Waals surface area (Å²) in [5.74, 6) is -0.158. The van der Waals surface area contributed by atoms with Gasteiger partial charge in [0.1, 0.15) is 0 Å². The average Bonchev–Trinajstić information content (AvgIpc) is 2.94. The fraction of sp³-hybridized carbons (Fsp3) is 0.368. The van der Waals surface area contributed by atoms with Crippen molar-refractivity contribution in [3.8, 4) is 0 Å². The molecule has 1 atom stereocenters. The number of carbonyl (C=O) groups excluding carboxylic acids is 2. The van der Waals surface area contributed by atoms with Crippen LogP contribution >= 0.6 is 0 Å². The lowest BCUT2D eigenvalue weighted by Crippen LogP contribution is -2.36. The van der Waals surface area contributed by atoms with Crippen LogP contribution in [0.15, 0.2) is 42.6 Å². The minimum Gasteiger partial charge on any atom is -0.361 e. The lowest BCUT2D eigenvalue weighted by Gasteiger charge is -2.20. The Bertz CT molecular complexity index is 759. The summed E-state index contributed by atoms with van der Waals surface area (Å²) in [6.07, 6.45) is 6.38. The molecule has 0 radical (unpaired) electrons. The average molecular weight is 327 g/mol. The molecule has 128 valence electrons. The number of fused-ring (bicyclic) bond motifs is 1. The summed E-state index contributed by atoms with van der Waals surface area (Å²) in [7, 11) is 1.62. The zero-order valence-electron chi connectivity index (χ0n) is 14.6. The van der Waals surface area contributed by atoms with Gasteiger partial charge in [-0.2, -0.15) is 0 Å². The molecule has 0 spiro atoms. The van der Waals surface area contributed by atoms with E-state index >= 15 is 0 Å². The van der Waals surface area contributed by atoms with Crippen molar-refractivity contribution in [2.45, 2.75) is 33.2 Å². The van der Waals surface area contributed by atoms with Gasteiger partial charge in [0.05, 0.1) is 11.5 Å². The van der Waals surface area contributed by atoms with E-state index < -0.39 is 5.41 Å². The Balaban J connectivity index is 2.22. The smallest absolute Gasteiger partial charge is 0.229 e. The summed E-state index contributed by atoms with van der Waals surface area (Å²) in [5.41, 5.74) is 1.57. The van der Waals surface area contributed by atoms with Crippen LogP contribution in [-0.4, -0.2) is 29.9 Å². The predicted octanol–water partition coefficient (Wildman–Crippen LogP) is 2.54. The molecule has 5 heteroatoms. The van der Waals surface area contributed by atoms with Gasteiger partial charge in [-0.1, -0.05) is 30.4 Å². The summed E-state index contributed by atoms with van der Waals surface area (Å²) in [4.78, 5) is 26.7. The molecule has 1 heterocycles. The number of aromatic amines is 1. The van der Waals surface area contributed by atoms with E-state index in [1.54, 1.807) is 7.05 Å². The lowest BCUT2D eigenvalue weighted by atomic mass is 9.90. The fourth-order valence-corrected chi connectivity index (χ4v) is 2.72. The predicted molar refractivity (Wildman–Crippen MR) is 96.6 cm³/mol. The SMILES string of the molecule is CNC(=O)C(C)(C)/C=C/[C@@H](Cc1c[nH]c2ccccc12)NC(C)=O. The van der Waals surface area contributed by atoms with Crippen LogP contribution < -0.4 is 10.6 Å². The molecule has 5 nitrogen and oxygen atoms in total. The minimum absolute atomic E-state index is 0.0626. The van der Waals surface area contributed by atoms with Crippen molar-refractivity contribution in [2.24, 2.45) is 5.41 Å².